The molecule has 64 valence electrons. The lowest BCUT2D eigenvalue weighted by Gasteiger charge is -2.03. The highest BCUT2D eigenvalue weighted by molar-refractivity contribution is 6.62. The molecular weight excluding hydrogens is 165 g/mol. The van der Waals surface area contributed by atoms with E-state index in [1.54, 1.807) is 0 Å². The standard InChI is InChI=1S/C9H8BNO2/c11-5-4-7-2-1-3-8-6-13-10(12)9(7)8/h1-3,12H,4,6H2. The monoisotopic (exact) mass is 173 g/mol. The van der Waals surface area contributed by atoms with Crippen LogP contribution in [0.15, 0.2) is 18.2 Å². The summed E-state index contributed by atoms with van der Waals surface area (Å²) in [7, 11) is -0.848. The smallest absolute Gasteiger partial charge is 0.423 e. The summed E-state index contributed by atoms with van der Waals surface area (Å²) in [5.74, 6) is 0. The zero-order valence-corrected chi connectivity index (χ0v) is 7.03. The van der Waals surface area contributed by atoms with Gasteiger partial charge in [0.05, 0.1) is 19.1 Å². The summed E-state index contributed by atoms with van der Waals surface area (Å²) in [4.78, 5) is 0. The van der Waals surface area contributed by atoms with Crippen molar-refractivity contribution in [3.8, 4) is 6.07 Å². The Bertz CT molecular complexity index is 372. The number of nitrogens with zero attached hydrogens (tertiary/aromatic N) is 1. The summed E-state index contributed by atoms with van der Waals surface area (Å²) >= 11 is 0. The van der Waals surface area contributed by atoms with Gasteiger partial charge in [0.1, 0.15) is 0 Å². The first-order valence-electron chi connectivity index (χ1n) is 4.10. The van der Waals surface area contributed by atoms with Gasteiger partial charge in [0.15, 0.2) is 0 Å². The molecule has 2 rings (SSSR count). The summed E-state index contributed by atoms with van der Waals surface area (Å²) in [6, 6.07) is 7.71. The van der Waals surface area contributed by atoms with E-state index >= 15 is 0 Å². The summed E-state index contributed by atoms with van der Waals surface area (Å²) in [5.41, 5.74) is 2.63. The Hall–Kier alpha value is -1.31. The normalized spacial score (nSPS) is 14.0. The van der Waals surface area contributed by atoms with Crippen molar-refractivity contribution >= 4 is 12.6 Å². The summed E-state index contributed by atoms with van der Waals surface area (Å²) in [6.07, 6.45) is 0.323. The van der Waals surface area contributed by atoms with Crippen LogP contribution in [0.3, 0.4) is 0 Å². The number of hydrogen-bond donors (Lipinski definition) is 1. The van der Waals surface area contributed by atoms with Crippen LogP contribution in [-0.4, -0.2) is 12.1 Å². The highest BCUT2D eigenvalue weighted by atomic mass is 16.5. The number of rotatable bonds is 1. The SMILES string of the molecule is N#CCc1cccc2c1B(O)OC2. The van der Waals surface area contributed by atoms with Crippen LogP contribution in [0.5, 0.6) is 0 Å². The van der Waals surface area contributed by atoms with E-state index in [1.165, 1.54) is 0 Å². The molecule has 1 aliphatic heterocycles. The van der Waals surface area contributed by atoms with Crippen molar-refractivity contribution in [1.82, 2.24) is 0 Å². The summed E-state index contributed by atoms with van der Waals surface area (Å²) < 4.78 is 5.06. The second-order valence-electron chi connectivity index (χ2n) is 2.99. The zero-order chi connectivity index (χ0) is 9.26. The van der Waals surface area contributed by atoms with Gasteiger partial charge in [0.2, 0.25) is 0 Å². The van der Waals surface area contributed by atoms with Crippen molar-refractivity contribution in [3.05, 3.63) is 29.3 Å². The minimum Gasteiger partial charge on any atom is -0.423 e. The second kappa shape index (κ2) is 3.21. The van der Waals surface area contributed by atoms with Gasteiger partial charge in [0.25, 0.3) is 0 Å². The minimum atomic E-state index is -0.848. The first-order chi connectivity index (χ1) is 6.33. The van der Waals surface area contributed by atoms with Crippen LogP contribution in [0.25, 0.3) is 0 Å². The Kier molecular flexibility index (Phi) is 2.05. The van der Waals surface area contributed by atoms with Gasteiger partial charge in [-0.1, -0.05) is 18.2 Å². The van der Waals surface area contributed by atoms with E-state index in [0.717, 1.165) is 16.6 Å². The fraction of sp³-hybridized carbons (Fsp3) is 0.222. The molecule has 1 aromatic carbocycles. The average Bonchev–Trinajstić information content (AvgIpc) is 2.50. The number of nitriles is 1. The van der Waals surface area contributed by atoms with E-state index in [0.29, 0.717) is 13.0 Å². The second-order valence-corrected chi connectivity index (χ2v) is 2.99. The molecular formula is C9H8BNO2. The van der Waals surface area contributed by atoms with Crippen molar-refractivity contribution in [2.75, 3.05) is 0 Å². The third kappa shape index (κ3) is 1.33. The summed E-state index contributed by atoms with van der Waals surface area (Å²) in [5, 5.41) is 18.0. The molecule has 0 bridgehead atoms. The van der Waals surface area contributed by atoms with Crippen LogP contribution in [0.1, 0.15) is 11.1 Å². The van der Waals surface area contributed by atoms with Crippen molar-refractivity contribution < 1.29 is 9.68 Å². The molecule has 1 aromatic rings. The van der Waals surface area contributed by atoms with Gasteiger partial charge in [0, 0.05) is 0 Å². The minimum absolute atomic E-state index is 0.323. The first kappa shape index (κ1) is 8.30. The maximum absolute atomic E-state index is 9.46. The molecule has 0 atom stereocenters. The molecule has 13 heavy (non-hydrogen) atoms. The molecule has 4 heteroatoms. The van der Waals surface area contributed by atoms with Crippen LogP contribution < -0.4 is 5.46 Å². The molecule has 0 spiro atoms. The Labute approximate surface area is 76.7 Å². The Morgan fingerprint density at radius 1 is 1.62 bits per heavy atom. The highest BCUT2D eigenvalue weighted by Crippen LogP contribution is 2.12. The van der Waals surface area contributed by atoms with Crippen molar-refractivity contribution in [3.63, 3.8) is 0 Å². The topological polar surface area (TPSA) is 53.2 Å². The molecule has 0 amide bonds. The molecule has 0 fully saturated rings. The van der Waals surface area contributed by atoms with Crippen LogP contribution >= 0.6 is 0 Å². The van der Waals surface area contributed by atoms with Crippen molar-refractivity contribution in [2.24, 2.45) is 0 Å². The molecule has 1 N–H and O–H groups in total. The maximum atomic E-state index is 9.46. The third-order valence-electron chi connectivity index (χ3n) is 2.20. The van der Waals surface area contributed by atoms with E-state index in [1.807, 2.05) is 18.2 Å². The van der Waals surface area contributed by atoms with Gasteiger partial charge in [-0.2, -0.15) is 5.26 Å². The fourth-order valence-corrected chi connectivity index (χ4v) is 1.60. The van der Waals surface area contributed by atoms with E-state index in [4.69, 9.17) is 9.92 Å². The van der Waals surface area contributed by atoms with Crippen LogP contribution in [0.2, 0.25) is 0 Å². The molecule has 1 heterocycles. The predicted molar refractivity (Wildman–Crippen MR) is 48.2 cm³/mol. The average molecular weight is 173 g/mol. The highest BCUT2D eigenvalue weighted by Gasteiger charge is 2.29. The molecule has 0 saturated carbocycles. The lowest BCUT2D eigenvalue weighted by atomic mass is 9.75. The maximum Gasteiger partial charge on any atom is 0.492 e. The van der Waals surface area contributed by atoms with E-state index < -0.39 is 7.12 Å². The molecule has 0 aromatic heterocycles. The molecule has 0 unspecified atom stereocenters. The van der Waals surface area contributed by atoms with Crippen LogP contribution in [0, 0.1) is 11.3 Å². The van der Waals surface area contributed by atoms with Gasteiger partial charge in [-0.25, -0.2) is 0 Å². The fourth-order valence-electron chi connectivity index (χ4n) is 1.60. The van der Waals surface area contributed by atoms with Gasteiger partial charge in [-0.15, -0.1) is 0 Å². The van der Waals surface area contributed by atoms with Crippen molar-refractivity contribution in [2.45, 2.75) is 13.0 Å². The van der Waals surface area contributed by atoms with E-state index in [-0.39, 0.29) is 0 Å². The number of hydrogen-bond acceptors (Lipinski definition) is 3. The first-order valence-corrected chi connectivity index (χ1v) is 4.10. The van der Waals surface area contributed by atoms with Crippen LogP contribution in [0.4, 0.5) is 0 Å². The zero-order valence-electron chi connectivity index (χ0n) is 7.03. The molecule has 0 saturated heterocycles. The molecule has 3 nitrogen and oxygen atoms in total. The Morgan fingerprint density at radius 3 is 3.23 bits per heavy atom. The largest absolute Gasteiger partial charge is 0.492 e. The third-order valence-corrected chi connectivity index (χ3v) is 2.20. The summed E-state index contributed by atoms with van der Waals surface area (Å²) in [6.45, 7) is 0.440. The lowest BCUT2D eigenvalue weighted by Crippen LogP contribution is -2.31. The Morgan fingerprint density at radius 2 is 2.46 bits per heavy atom. The predicted octanol–water partition coefficient (Wildman–Crippen LogP) is -0.0296. The van der Waals surface area contributed by atoms with Crippen LogP contribution in [-0.2, 0) is 17.7 Å². The number of benzene rings is 1. The van der Waals surface area contributed by atoms with Gasteiger partial charge < -0.3 is 9.68 Å². The van der Waals surface area contributed by atoms with Crippen molar-refractivity contribution in [1.29, 1.82) is 5.26 Å². The van der Waals surface area contributed by atoms with E-state index in [2.05, 4.69) is 6.07 Å². The van der Waals surface area contributed by atoms with Gasteiger partial charge in [-0.3, -0.25) is 0 Å². The number of fused-ring (bicyclic) bond motifs is 1. The molecule has 0 aliphatic carbocycles. The van der Waals surface area contributed by atoms with E-state index in [9.17, 15) is 5.02 Å². The quantitative estimate of drug-likeness (QED) is 0.606. The van der Waals surface area contributed by atoms with Gasteiger partial charge in [-0.05, 0) is 16.6 Å². The lowest BCUT2D eigenvalue weighted by molar-refractivity contribution is 0.275. The Balaban J connectivity index is 2.48. The molecule has 0 radical (unpaired) electrons. The van der Waals surface area contributed by atoms with Gasteiger partial charge >= 0.3 is 7.12 Å². The molecule has 1 aliphatic rings.